The predicted octanol–water partition coefficient (Wildman–Crippen LogP) is 3.24. The van der Waals surface area contributed by atoms with Crippen LogP contribution in [-0.4, -0.2) is 56.1 Å². The molecule has 1 aromatic carbocycles. The smallest absolute Gasteiger partial charge is 0.275 e. The molecule has 0 unspecified atom stereocenters. The Balaban J connectivity index is 1.36. The number of benzene rings is 1. The van der Waals surface area contributed by atoms with E-state index >= 15 is 0 Å². The first-order chi connectivity index (χ1) is 13.5. The van der Waals surface area contributed by atoms with Gasteiger partial charge >= 0.3 is 0 Å². The minimum atomic E-state index is -0.0483. The highest BCUT2D eigenvalue weighted by Gasteiger charge is 2.26. The van der Waals surface area contributed by atoms with Crippen molar-refractivity contribution < 1.29 is 4.79 Å². The molecule has 0 spiro atoms. The number of hydrogen-bond acceptors (Lipinski definition) is 6. The molecule has 1 amide bonds. The van der Waals surface area contributed by atoms with E-state index < -0.39 is 0 Å². The van der Waals surface area contributed by atoms with Crippen molar-refractivity contribution in [2.75, 3.05) is 31.1 Å². The van der Waals surface area contributed by atoms with Gasteiger partial charge in [-0.25, -0.2) is 4.98 Å². The van der Waals surface area contributed by atoms with E-state index in [1.165, 1.54) is 11.5 Å². The Morgan fingerprint density at radius 1 is 1.21 bits per heavy atom. The molecule has 0 atom stereocenters. The minimum Gasteiger partial charge on any atom is -0.343 e. The molecule has 28 heavy (non-hydrogen) atoms. The quantitative estimate of drug-likeness (QED) is 0.572. The van der Waals surface area contributed by atoms with Crippen molar-refractivity contribution >= 4 is 50.1 Å². The number of aryl methyl sites for hydroxylation is 1. The zero-order chi connectivity index (χ0) is 19.7. The molecule has 1 aliphatic rings. The average molecular weight is 482 g/mol. The van der Waals surface area contributed by atoms with Crippen LogP contribution in [-0.2, 0) is 13.5 Å². The number of anilines is 1. The third-order valence-electron chi connectivity index (χ3n) is 4.56. The van der Waals surface area contributed by atoms with E-state index in [-0.39, 0.29) is 5.91 Å². The second kappa shape index (κ2) is 8.18. The zero-order valence-corrected chi connectivity index (χ0v) is 18.3. The monoisotopic (exact) mass is 480 g/mol. The summed E-state index contributed by atoms with van der Waals surface area (Å²) >= 11 is 10.7. The largest absolute Gasteiger partial charge is 0.343 e. The molecule has 0 bridgehead atoms. The van der Waals surface area contributed by atoms with Gasteiger partial charge in [-0.15, -0.1) is 0 Å². The van der Waals surface area contributed by atoms with Gasteiger partial charge < -0.3 is 9.80 Å². The highest BCUT2D eigenvalue weighted by atomic mass is 79.9. The van der Waals surface area contributed by atoms with Crippen molar-refractivity contribution in [1.29, 1.82) is 0 Å². The average Bonchev–Trinajstić information content (AvgIpc) is 3.29. The molecular formula is C18H18BrClN6OS. The molecule has 1 fully saturated rings. The molecule has 0 radical (unpaired) electrons. The molecule has 0 aliphatic carbocycles. The van der Waals surface area contributed by atoms with Crippen LogP contribution in [0.25, 0.3) is 0 Å². The summed E-state index contributed by atoms with van der Waals surface area (Å²) in [4.78, 5) is 21.4. The van der Waals surface area contributed by atoms with Crippen molar-refractivity contribution in [2.24, 2.45) is 7.05 Å². The van der Waals surface area contributed by atoms with Crippen LogP contribution in [0.3, 0.4) is 0 Å². The summed E-state index contributed by atoms with van der Waals surface area (Å²) in [6, 6.07) is 7.73. The van der Waals surface area contributed by atoms with Crippen molar-refractivity contribution in [1.82, 2.24) is 24.0 Å². The molecule has 2 aromatic heterocycles. The first kappa shape index (κ1) is 19.4. The van der Waals surface area contributed by atoms with Crippen LogP contribution in [0, 0.1) is 0 Å². The molecule has 7 nitrogen and oxygen atoms in total. The Morgan fingerprint density at radius 3 is 2.57 bits per heavy atom. The van der Waals surface area contributed by atoms with Gasteiger partial charge in [-0.1, -0.05) is 23.7 Å². The van der Waals surface area contributed by atoms with E-state index in [1.54, 1.807) is 17.9 Å². The molecule has 0 saturated carbocycles. The SMILES string of the molecule is Cn1cc(Br)c(C(=O)N2CCN(c3nc(Cc4ccc(Cl)cc4)ns3)CC2)n1. The highest BCUT2D eigenvalue weighted by Crippen LogP contribution is 2.22. The lowest BCUT2D eigenvalue weighted by Gasteiger charge is -2.34. The highest BCUT2D eigenvalue weighted by molar-refractivity contribution is 9.10. The van der Waals surface area contributed by atoms with E-state index in [0.29, 0.717) is 25.2 Å². The number of carbonyl (C=O) groups is 1. The molecule has 3 heterocycles. The Hall–Kier alpha value is -1.97. The lowest BCUT2D eigenvalue weighted by atomic mass is 10.1. The van der Waals surface area contributed by atoms with Crippen LogP contribution in [0.4, 0.5) is 5.13 Å². The Morgan fingerprint density at radius 2 is 1.93 bits per heavy atom. The van der Waals surface area contributed by atoms with Gasteiger partial charge in [0.15, 0.2) is 5.69 Å². The maximum atomic E-state index is 12.7. The Kier molecular flexibility index (Phi) is 5.65. The van der Waals surface area contributed by atoms with E-state index in [1.807, 2.05) is 29.2 Å². The summed E-state index contributed by atoms with van der Waals surface area (Å²) in [5.74, 6) is 0.756. The second-order valence-electron chi connectivity index (χ2n) is 6.57. The van der Waals surface area contributed by atoms with Crippen LogP contribution < -0.4 is 4.90 Å². The number of halogens is 2. The van der Waals surface area contributed by atoms with Crippen molar-refractivity contribution in [3.63, 3.8) is 0 Å². The van der Waals surface area contributed by atoms with Crippen LogP contribution in [0.2, 0.25) is 5.02 Å². The summed E-state index contributed by atoms with van der Waals surface area (Å²) in [7, 11) is 1.80. The number of aromatic nitrogens is 4. The molecule has 146 valence electrons. The van der Waals surface area contributed by atoms with Crippen LogP contribution in [0.5, 0.6) is 0 Å². The summed E-state index contributed by atoms with van der Waals surface area (Å²) in [6.07, 6.45) is 2.47. The fourth-order valence-corrected chi connectivity index (χ4v) is 4.49. The van der Waals surface area contributed by atoms with Gasteiger partial charge in [0.25, 0.3) is 5.91 Å². The molecular weight excluding hydrogens is 464 g/mol. The van der Waals surface area contributed by atoms with Crippen LogP contribution in [0.1, 0.15) is 21.9 Å². The van der Waals surface area contributed by atoms with Crippen molar-refractivity contribution in [3.05, 3.63) is 57.0 Å². The van der Waals surface area contributed by atoms with Crippen molar-refractivity contribution in [2.45, 2.75) is 6.42 Å². The van der Waals surface area contributed by atoms with E-state index in [9.17, 15) is 4.79 Å². The molecule has 3 aromatic rings. The Bertz CT molecular complexity index is 980. The van der Waals surface area contributed by atoms with Gasteiger partial charge in [0.2, 0.25) is 5.13 Å². The van der Waals surface area contributed by atoms with E-state index in [4.69, 9.17) is 11.6 Å². The summed E-state index contributed by atoms with van der Waals surface area (Å²) in [5, 5.41) is 5.87. The fourth-order valence-electron chi connectivity index (χ4n) is 3.08. The molecule has 4 rings (SSSR count). The standard InChI is InChI=1S/C18H18BrClN6OS/c1-24-11-14(19)16(22-24)17(27)25-6-8-26(9-7-25)18-21-15(23-28-18)10-12-2-4-13(20)5-3-12/h2-5,11H,6-10H2,1H3. The number of amides is 1. The van der Waals surface area contributed by atoms with Gasteiger partial charge in [0, 0.05) is 62.4 Å². The van der Waals surface area contributed by atoms with Crippen LogP contribution >= 0.6 is 39.1 Å². The van der Waals surface area contributed by atoms with Gasteiger partial charge in [0.1, 0.15) is 5.82 Å². The predicted molar refractivity (Wildman–Crippen MR) is 113 cm³/mol. The fraction of sp³-hybridized carbons (Fsp3) is 0.333. The number of piperazine rings is 1. The van der Waals surface area contributed by atoms with E-state index in [2.05, 4.69) is 35.3 Å². The van der Waals surface area contributed by atoms with Gasteiger partial charge in [-0.3, -0.25) is 9.48 Å². The third-order valence-corrected chi connectivity index (χ3v) is 6.20. The first-order valence-corrected chi connectivity index (χ1v) is 10.7. The third kappa shape index (κ3) is 4.21. The first-order valence-electron chi connectivity index (χ1n) is 8.80. The molecule has 1 saturated heterocycles. The maximum absolute atomic E-state index is 12.7. The summed E-state index contributed by atoms with van der Waals surface area (Å²) < 4.78 is 6.84. The molecule has 0 N–H and O–H groups in total. The lowest BCUT2D eigenvalue weighted by Crippen LogP contribution is -2.49. The normalized spacial score (nSPS) is 14.5. The molecule has 1 aliphatic heterocycles. The number of nitrogens with zero attached hydrogens (tertiary/aromatic N) is 6. The van der Waals surface area contributed by atoms with E-state index in [0.717, 1.165) is 39.1 Å². The van der Waals surface area contributed by atoms with Crippen LogP contribution in [0.15, 0.2) is 34.9 Å². The van der Waals surface area contributed by atoms with Gasteiger partial charge in [-0.05, 0) is 33.6 Å². The number of carbonyl (C=O) groups excluding carboxylic acids is 1. The maximum Gasteiger partial charge on any atom is 0.275 e. The topological polar surface area (TPSA) is 67.2 Å². The lowest BCUT2D eigenvalue weighted by molar-refractivity contribution is 0.0739. The van der Waals surface area contributed by atoms with Gasteiger partial charge in [0.05, 0.1) is 4.47 Å². The Labute approximate surface area is 180 Å². The van der Waals surface area contributed by atoms with Gasteiger partial charge in [-0.2, -0.15) is 9.47 Å². The molecule has 10 heteroatoms. The summed E-state index contributed by atoms with van der Waals surface area (Å²) in [5.41, 5.74) is 1.59. The zero-order valence-electron chi connectivity index (χ0n) is 15.2. The summed E-state index contributed by atoms with van der Waals surface area (Å²) in [6.45, 7) is 2.72. The second-order valence-corrected chi connectivity index (χ2v) is 8.60. The number of rotatable bonds is 4. The minimum absolute atomic E-state index is 0.0483. The van der Waals surface area contributed by atoms with Crippen molar-refractivity contribution in [3.8, 4) is 0 Å². The number of hydrogen-bond donors (Lipinski definition) is 0.